The van der Waals surface area contributed by atoms with Gasteiger partial charge in [0.15, 0.2) is 0 Å². The Bertz CT molecular complexity index is 1210. The highest BCUT2D eigenvalue weighted by atomic mass is 35.5. The molecule has 130 valence electrons. The molecule has 0 saturated heterocycles. The molecule has 0 unspecified atom stereocenters. The highest BCUT2D eigenvalue weighted by molar-refractivity contribution is 6.30. The fourth-order valence-electron chi connectivity index (χ4n) is 2.84. The number of hydrogen-bond donors (Lipinski definition) is 1. The van der Waals surface area contributed by atoms with E-state index in [9.17, 15) is 9.59 Å². The largest absolute Gasteiger partial charge is 0.448 e. The molecule has 4 rings (SSSR count). The Morgan fingerprint density at radius 2 is 2.08 bits per heavy atom. The number of anilines is 1. The number of nitrogens with zero attached hydrogens (tertiary/aromatic N) is 2. The molecule has 0 aliphatic heterocycles. The second-order valence-corrected chi connectivity index (χ2v) is 6.40. The highest BCUT2D eigenvalue weighted by Crippen LogP contribution is 2.24. The van der Waals surface area contributed by atoms with Gasteiger partial charge in [-0.1, -0.05) is 23.7 Å². The number of furan rings is 1. The number of carbonyl (C=O) groups is 1. The van der Waals surface area contributed by atoms with Gasteiger partial charge in [-0.2, -0.15) is 0 Å². The molecule has 0 radical (unpaired) electrons. The molecular weight excluding hydrogens is 354 g/mol. The molecule has 0 atom stereocenters. The summed E-state index contributed by atoms with van der Waals surface area (Å²) in [6, 6.07) is 12.5. The van der Waals surface area contributed by atoms with Gasteiger partial charge in [-0.3, -0.25) is 14.2 Å². The predicted octanol–water partition coefficient (Wildman–Crippen LogP) is 3.74. The summed E-state index contributed by atoms with van der Waals surface area (Å²) in [4.78, 5) is 29.2. The first kappa shape index (κ1) is 16.4. The average molecular weight is 368 g/mol. The van der Waals surface area contributed by atoms with E-state index in [1.165, 1.54) is 10.9 Å². The van der Waals surface area contributed by atoms with Crippen molar-refractivity contribution in [2.45, 2.75) is 13.5 Å². The normalized spacial score (nSPS) is 11.2. The molecule has 4 aromatic rings. The molecule has 26 heavy (non-hydrogen) atoms. The Kier molecular flexibility index (Phi) is 3.97. The molecule has 2 heterocycles. The van der Waals surface area contributed by atoms with Gasteiger partial charge in [-0.05, 0) is 42.8 Å². The number of nitrogens with one attached hydrogen (secondary N) is 1. The van der Waals surface area contributed by atoms with E-state index >= 15 is 0 Å². The number of para-hydroxylation sites is 1. The van der Waals surface area contributed by atoms with Crippen LogP contribution in [0.25, 0.3) is 22.1 Å². The summed E-state index contributed by atoms with van der Waals surface area (Å²) >= 11 is 5.92. The zero-order valence-electron chi connectivity index (χ0n) is 13.8. The lowest BCUT2D eigenvalue weighted by atomic mass is 10.2. The van der Waals surface area contributed by atoms with Gasteiger partial charge < -0.3 is 9.73 Å². The van der Waals surface area contributed by atoms with Crippen LogP contribution in [0.1, 0.15) is 5.56 Å². The number of benzene rings is 2. The Balaban J connectivity index is 1.64. The molecule has 2 aromatic carbocycles. The molecule has 0 saturated carbocycles. The van der Waals surface area contributed by atoms with Crippen LogP contribution in [0.2, 0.25) is 5.02 Å². The smallest absolute Gasteiger partial charge is 0.297 e. The lowest BCUT2D eigenvalue weighted by molar-refractivity contribution is -0.116. The standard InChI is InChI=1S/C19H14ClN3O3/c1-11-8-12(20)6-7-14(11)22-16(24)9-23-10-21-17-13-4-2-3-5-15(13)26-18(17)19(23)25/h2-8,10H,9H2,1H3,(H,22,24). The Morgan fingerprint density at radius 1 is 1.27 bits per heavy atom. The first-order valence-corrected chi connectivity index (χ1v) is 8.33. The minimum atomic E-state index is -0.394. The van der Waals surface area contributed by atoms with E-state index in [2.05, 4.69) is 10.3 Å². The Hall–Kier alpha value is -3.12. The molecule has 2 aromatic heterocycles. The molecule has 0 spiro atoms. The number of aromatic nitrogens is 2. The summed E-state index contributed by atoms with van der Waals surface area (Å²) in [6.45, 7) is 1.68. The number of hydrogen-bond acceptors (Lipinski definition) is 4. The van der Waals surface area contributed by atoms with Crippen molar-refractivity contribution in [1.82, 2.24) is 9.55 Å². The van der Waals surface area contributed by atoms with Crippen LogP contribution in [0.4, 0.5) is 5.69 Å². The van der Waals surface area contributed by atoms with Crippen LogP contribution in [-0.4, -0.2) is 15.5 Å². The van der Waals surface area contributed by atoms with Crippen molar-refractivity contribution in [3.05, 3.63) is 69.7 Å². The minimum Gasteiger partial charge on any atom is -0.448 e. The lowest BCUT2D eigenvalue weighted by Crippen LogP contribution is -2.27. The summed E-state index contributed by atoms with van der Waals surface area (Å²) in [5.74, 6) is -0.338. The quantitative estimate of drug-likeness (QED) is 0.598. The zero-order chi connectivity index (χ0) is 18.3. The van der Waals surface area contributed by atoms with Crippen LogP contribution in [0.5, 0.6) is 0 Å². The van der Waals surface area contributed by atoms with Crippen LogP contribution in [0.15, 0.2) is 58.0 Å². The zero-order valence-corrected chi connectivity index (χ0v) is 14.6. The van der Waals surface area contributed by atoms with Gasteiger partial charge in [0.05, 0.1) is 6.33 Å². The minimum absolute atomic E-state index is 0.143. The molecule has 0 aliphatic carbocycles. The summed E-state index contributed by atoms with van der Waals surface area (Å²) in [5.41, 5.74) is 2.31. The summed E-state index contributed by atoms with van der Waals surface area (Å²) < 4.78 is 6.84. The Labute approximate surface area is 153 Å². The second-order valence-electron chi connectivity index (χ2n) is 5.96. The molecule has 0 bridgehead atoms. The van der Waals surface area contributed by atoms with Crippen molar-refractivity contribution in [1.29, 1.82) is 0 Å². The third kappa shape index (κ3) is 2.84. The molecule has 6 nitrogen and oxygen atoms in total. The number of carbonyl (C=O) groups excluding carboxylic acids is 1. The van der Waals surface area contributed by atoms with Gasteiger partial charge in [0.1, 0.15) is 17.6 Å². The van der Waals surface area contributed by atoms with E-state index in [0.717, 1.165) is 10.9 Å². The predicted molar refractivity (Wildman–Crippen MR) is 101 cm³/mol. The van der Waals surface area contributed by atoms with Crippen LogP contribution < -0.4 is 10.9 Å². The lowest BCUT2D eigenvalue weighted by Gasteiger charge is -2.09. The van der Waals surface area contributed by atoms with Crippen molar-refractivity contribution in [2.75, 3.05) is 5.32 Å². The van der Waals surface area contributed by atoms with Gasteiger partial charge in [0, 0.05) is 16.1 Å². The molecule has 0 fully saturated rings. The fourth-order valence-corrected chi connectivity index (χ4v) is 3.07. The number of halogens is 1. The van der Waals surface area contributed by atoms with Gasteiger partial charge in [-0.15, -0.1) is 0 Å². The number of aryl methyl sites for hydroxylation is 1. The molecular formula is C19H14ClN3O3. The summed E-state index contributed by atoms with van der Waals surface area (Å²) in [6.07, 6.45) is 1.36. The monoisotopic (exact) mass is 367 g/mol. The van der Waals surface area contributed by atoms with E-state index in [0.29, 0.717) is 21.8 Å². The van der Waals surface area contributed by atoms with Gasteiger partial charge in [0.25, 0.3) is 5.56 Å². The van der Waals surface area contributed by atoms with Gasteiger partial charge in [0.2, 0.25) is 11.5 Å². The molecule has 7 heteroatoms. The van der Waals surface area contributed by atoms with Crippen molar-refractivity contribution in [3.63, 3.8) is 0 Å². The van der Waals surface area contributed by atoms with E-state index in [4.69, 9.17) is 16.0 Å². The van der Waals surface area contributed by atoms with Gasteiger partial charge in [-0.25, -0.2) is 4.98 Å². The highest BCUT2D eigenvalue weighted by Gasteiger charge is 2.15. The van der Waals surface area contributed by atoms with E-state index in [-0.39, 0.29) is 18.0 Å². The van der Waals surface area contributed by atoms with E-state index < -0.39 is 5.56 Å². The SMILES string of the molecule is Cc1cc(Cl)ccc1NC(=O)Cn1cnc2c(oc3ccccc32)c1=O. The molecule has 1 amide bonds. The van der Waals surface area contributed by atoms with Crippen LogP contribution >= 0.6 is 11.6 Å². The van der Waals surface area contributed by atoms with E-state index in [1.807, 2.05) is 25.1 Å². The molecule has 1 N–H and O–H groups in total. The van der Waals surface area contributed by atoms with Gasteiger partial charge >= 0.3 is 0 Å². The third-order valence-electron chi connectivity index (χ3n) is 4.13. The first-order chi connectivity index (χ1) is 12.5. The second kappa shape index (κ2) is 6.31. The fraction of sp³-hybridized carbons (Fsp3) is 0.105. The van der Waals surface area contributed by atoms with Crippen molar-refractivity contribution in [3.8, 4) is 0 Å². The maximum atomic E-state index is 12.6. The van der Waals surface area contributed by atoms with Crippen LogP contribution in [-0.2, 0) is 11.3 Å². The van der Waals surface area contributed by atoms with E-state index in [1.54, 1.807) is 24.3 Å². The van der Waals surface area contributed by atoms with Crippen molar-refractivity contribution >= 4 is 45.3 Å². The van der Waals surface area contributed by atoms with Crippen LogP contribution in [0, 0.1) is 6.92 Å². The maximum absolute atomic E-state index is 12.6. The third-order valence-corrected chi connectivity index (χ3v) is 4.36. The Morgan fingerprint density at radius 3 is 2.88 bits per heavy atom. The topological polar surface area (TPSA) is 77.1 Å². The van der Waals surface area contributed by atoms with Crippen LogP contribution in [0.3, 0.4) is 0 Å². The van der Waals surface area contributed by atoms with Crippen molar-refractivity contribution < 1.29 is 9.21 Å². The molecule has 0 aliphatic rings. The maximum Gasteiger partial charge on any atom is 0.297 e. The number of rotatable bonds is 3. The summed E-state index contributed by atoms with van der Waals surface area (Å²) in [7, 11) is 0. The first-order valence-electron chi connectivity index (χ1n) is 7.95. The van der Waals surface area contributed by atoms with Crippen molar-refractivity contribution in [2.24, 2.45) is 0 Å². The summed E-state index contributed by atoms with van der Waals surface area (Å²) in [5, 5.41) is 4.14. The average Bonchev–Trinajstić information content (AvgIpc) is 2.99. The number of fused-ring (bicyclic) bond motifs is 3. The number of amides is 1.